The average Bonchev–Trinajstić information content (AvgIpc) is 3.31. The van der Waals surface area contributed by atoms with Gasteiger partial charge in [-0.15, -0.1) is 0 Å². The lowest BCUT2D eigenvalue weighted by Gasteiger charge is -2.28. The first-order chi connectivity index (χ1) is 15.7. The Kier molecular flexibility index (Phi) is 8.43. The van der Waals surface area contributed by atoms with E-state index in [0.29, 0.717) is 12.6 Å². The second-order valence-electron chi connectivity index (χ2n) is 9.12. The Bertz CT molecular complexity index is 837. The van der Waals surface area contributed by atoms with Crippen LogP contribution in [0.2, 0.25) is 0 Å². The van der Waals surface area contributed by atoms with E-state index >= 15 is 0 Å². The van der Waals surface area contributed by atoms with E-state index in [2.05, 4.69) is 34.1 Å². The van der Waals surface area contributed by atoms with E-state index in [9.17, 15) is 5.11 Å². The molecule has 2 saturated heterocycles. The summed E-state index contributed by atoms with van der Waals surface area (Å²) in [5.41, 5.74) is 2.19. The van der Waals surface area contributed by atoms with Crippen molar-refractivity contribution in [3.63, 3.8) is 0 Å². The summed E-state index contributed by atoms with van der Waals surface area (Å²) in [7, 11) is 1.66. The van der Waals surface area contributed by atoms with Gasteiger partial charge in [0.25, 0.3) is 0 Å². The molecule has 2 fully saturated rings. The molecule has 5 heteroatoms. The van der Waals surface area contributed by atoms with Crippen LogP contribution >= 0.6 is 0 Å². The highest BCUT2D eigenvalue weighted by atomic mass is 16.5. The van der Waals surface area contributed by atoms with Crippen molar-refractivity contribution in [3.05, 3.63) is 59.7 Å². The molecule has 2 heterocycles. The highest BCUT2D eigenvalue weighted by Crippen LogP contribution is 2.35. The third-order valence-electron chi connectivity index (χ3n) is 6.83. The smallest absolute Gasteiger partial charge is 0.119 e. The summed E-state index contributed by atoms with van der Waals surface area (Å²) in [6.07, 6.45) is 6.88. The van der Waals surface area contributed by atoms with Crippen molar-refractivity contribution in [3.8, 4) is 11.5 Å². The van der Waals surface area contributed by atoms with Gasteiger partial charge in [-0.2, -0.15) is 0 Å². The number of rotatable bonds is 10. The van der Waals surface area contributed by atoms with Crippen LogP contribution in [-0.2, 0) is 0 Å². The maximum Gasteiger partial charge on any atom is 0.119 e. The summed E-state index contributed by atoms with van der Waals surface area (Å²) in [5, 5.41) is 10.8. The van der Waals surface area contributed by atoms with Crippen LogP contribution < -0.4 is 9.47 Å². The fraction of sp³-hybridized carbons (Fsp3) is 0.556. The van der Waals surface area contributed by atoms with E-state index in [0.717, 1.165) is 56.0 Å². The molecule has 2 aromatic rings. The zero-order valence-corrected chi connectivity index (χ0v) is 19.4. The number of hydrogen-bond donors (Lipinski definition) is 1. The lowest BCUT2D eigenvalue weighted by atomic mass is 10.0. The molecule has 0 aromatic heterocycles. The van der Waals surface area contributed by atoms with Crippen LogP contribution in [0.3, 0.4) is 0 Å². The monoisotopic (exact) mass is 438 g/mol. The van der Waals surface area contributed by atoms with Crippen molar-refractivity contribution in [2.24, 2.45) is 0 Å². The number of methoxy groups -OCH3 is 1. The molecule has 0 bridgehead atoms. The van der Waals surface area contributed by atoms with Crippen molar-refractivity contribution in [2.45, 2.75) is 50.7 Å². The first kappa shape index (κ1) is 23.1. The molecule has 2 unspecified atom stereocenters. The number of ether oxygens (including phenoxy) is 2. The van der Waals surface area contributed by atoms with Gasteiger partial charge in [0, 0.05) is 19.1 Å². The predicted octanol–water partition coefficient (Wildman–Crippen LogP) is 4.82. The molecule has 32 heavy (non-hydrogen) atoms. The van der Waals surface area contributed by atoms with Crippen LogP contribution in [0.15, 0.2) is 48.5 Å². The summed E-state index contributed by atoms with van der Waals surface area (Å²) in [6, 6.07) is 16.6. The van der Waals surface area contributed by atoms with Gasteiger partial charge in [-0.25, -0.2) is 0 Å². The highest BCUT2D eigenvalue weighted by Gasteiger charge is 2.28. The second-order valence-corrected chi connectivity index (χ2v) is 9.12. The van der Waals surface area contributed by atoms with Gasteiger partial charge in [0.15, 0.2) is 0 Å². The molecular formula is C27H38N2O3. The minimum atomic E-state index is -0.528. The van der Waals surface area contributed by atoms with E-state index in [-0.39, 0.29) is 0 Å². The van der Waals surface area contributed by atoms with Crippen LogP contribution in [-0.4, -0.2) is 61.3 Å². The van der Waals surface area contributed by atoms with E-state index in [1.807, 2.05) is 24.3 Å². The van der Waals surface area contributed by atoms with Gasteiger partial charge >= 0.3 is 0 Å². The van der Waals surface area contributed by atoms with Gasteiger partial charge in [0.1, 0.15) is 11.5 Å². The molecule has 0 saturated carbocycles. The molecule has 0 radical (unpaired) electrons. The maximum absolute atomic E-state index is 10.8. The topological polar surface area (TPSA) is 45.2 Å². The Balaban J connectivity index is 1.31. The largest absolute Gasteiger partial charge is 0.497 e. The van der Waals surface area contributed by atoms with Gasteiger partial charge in [0.05, 0.1) is 19.8 Å². The highest BCUT2D eigenvalue weighted by molar-refractivity contribution is 5.32. The average molecular weight is 439 g/mol. The molecule has 5 nitrogen and oxygen atoms in total. The number of nitrogens with zero attached hydrogens (tertiary/aromatic N) is 2. The maximum atomic E-state index is 10.8. The van der Waals surface area contributed by atoms with Crippen LogP contribution in [0, 0.1) is 0 Å². The Labute approximate surface area is 192 Å². The first-order valence-corrected chi connectivity index (χ1v) is 12.2. The second kappa shape index (κ2) is 11.7. The van der Waals surface area contributed by atoms with Crippen molar-refractivity contribution in [1.29, 1.82) is 0 Å². The molecule has 0 amide bonds. The summed E-state index contributed by atoms with van der Waals surface area (Å²) in [6.45, 7) is 6.02. The SMILES string of the molecule is COc1cccc(C(O)CN2CCCC2c2cccc(OCCCN3CCCCC3)c2)c1. The van der Waals surface area contributed by atoms with Gasteiger partial charge in [-0.3, -0.25) is 4.90 Å². The molecule has 1 N–H and O–H groups in total. The summed E-state index contributed by atoms with van der Waals surface area (Å²) in [4.78, 5) is 4.97. The van der Waals surface area contributed by atoms with Gasteiger partial charge in [-0.1, -0.05) is 30.7 Å². The fourth-order valence-electron chi connectivity index (χ4n) is 5.07. The van der Waals surface area contributed by atoms with Crippen LogP contribution in [0.4, 0.5) is 0 Å². The number of aliphatic hydroxyl groups is 1. The molecule has 2 aliphatic rings. The minimum Gasteiger partial charge on any atom is -0.497 e. The number of hydrogen-bond acceptors (Lipinski definition) is 5. The Morgan fingerprint density at radius 2 is 1.78 bits per heavy atom. The van der Waals surface area contributed by atoms with Crippen LogP contribution in [0.5, 0.6) is 11.5 Å². The molecule has 2 aliphatic heterocycles. The summed E-state index contributed by atoms with van der Waals surface area (Å²) in [5.74, 6) is 1.74. The van der Waals surface area contributed by atoms with E-state index in [1.54, 1.807) is 7.11 Å². The van der Waals surface area contributed by atoms with E-state index in [1.165, 1.54) is 37.9 Å². The standard InChI is InChI=1S/C27H38N2O3/c1-31-24-11-6-10-23(20-24)27(30)21-29-17-7-13-26(29)22-9-5-12-25(19-22)32-18-8-16-28-14-3-2-4-15-28/h5-6,9-12,19-20,26-27,30H,2-4,7-8,13-18,21H2,1H3. The number of benzene rings is 2. The van der Waals surface area contributed by atoms with Crippen molar-refractivity contribution >= 4 is 0 Å². The Hall–Kier alpha value is -2.08. The third kappa shape index (κ3) is 6.25. The molecule has 174 valence electrons. The van der Waals surface area contributed by atoms with Gasteiger partial charge in [-0.05, 0) is 87.1 Å². The lowest BCUT2D eigenvalue weighted by molar-refractivity contribution is 0.106. The third-order valence-corrected chi connectivity index (χ3v) is 6.83. The number of aliphatic hydroxyl groups excluding tert-OH is 1. The molecule has 2 aromatic carbocycles. The fourth-order valence-corrected chi connectivity index (χ4v) is 5.07. The molecular weight excluding hydrogens is 400 g/mol. The zero-order chi connectivity index (χ0) is 22.2. The number of likely N-dealkylation sites (tertiary alicyclic amines) is 2. The lowest BCUT2D eigenvalue weighted by Crippen LogP contribution is -2.31. The summed E-state index contributed by atoms with van der Waals surface area (Å²) < 4.78 is 11.4. The quantitative estimate of drug-likeness (QED) is 0.539. The summed E-state index contributed by atoms with van der Waals surface area (Å²) >= 11 is 0. The molecule has 4 rings (SSSR count). The van der Waals surface area contributed by atoms with Gasteiger partial charge in [0.2, 0.25) is 0 Å². The molecule has 2 atom stereocenters. The zero-order valence-electron chi connectivity index (χ0n) is 19.4. The normalized spacial score (nSPS) is 20.9. The Morgan fingerprint density at radius 1 is 0.969 bits per heavy atom. The molecule has 0 aliphatic carbocycles. The van der Waals surface area contributed by atoms with Gasteiger partial charge < -0.3 is 19.5 Å². The molecule has 0 spiro atoms. The van der Waals surface area contributed by atoms with E-state index < -0.39 is 6.10 Å². The predicted molar refractivity (Wildman–Crippen MR) is 128 cm³/mol. The number of β-amino-alcohol motifs (C(OH)–C–C–N with tert-alkyl or cyclic N) is 1. The van der Waals surface area contributed by atoms with Crippen LogP contribution in [0.25, 0.3) is 0 Å². The van der Waals surface area contributed by atoms with Crippen molar-refractivity contribution < 1.29 is 14.6 Å². The Morgan fingerprint density at radius 3 is 2.62 bits per heavy atom. The van der Waals surface area contributed by atoms with E-state index in [4.69, 9.17) is 9.47 Å². The van der Waals surface area contributed by atoms with Crippen LogP contribution in [0.1, 0.15) is 61.8 Å². The first-order valence-electron chi connectivity index (χ1n) is 12.2. The minimum absolute atomic E-state index is 0.326. The van der Waals surface area contributed by atoms with Crippen molar-refractivity contribution in [1.82, 2.24) is 9.80 Å². The van der Waals surface area contributed by atoms with Crippen molar-refractivity contribution in [2.75, 3.05) is 46.4 Å². The number of piperidine rings is 1.